The van der Waals surface area contributed by atoms with Gasteiger partial charge in [0.2, 0.25) is 11.8 Å². The number of aliphatic hydroxyl groups is 1. The first-order valence-electron chi connectivity index (χ1n) is 11.3. The molecule has 1 saturated heterocycles. The van der Waals surface area contributed by atoms with Gasteiger partial charge in [-0.15, -0.1) is 0 Å². The van der Waals surface area contributed by atoms with Crippen LogP contribution < -0.4 is 5.32 Å². The lowest BCUT2D eigenvalue weighted by Crippen LogP contribution is -2.42. The van der Waals surface area contributed by atoms with Crippen LogP contribution in [0.4, 0.5) is 0 Å². The van der Waals surface area contributed by atoms with Gasteiger partial charge in [-0.25, -0.2) is 0 Å². The number of aliphatic hydroxyl groups excluding tert-OH is 1. The topological polar surface area (TPSA) is 69.6 Å². The van der Waals surface area contributed by atoms with Crippen LogP contribution in [0.3, 0.4) is 0 Å². The maximum Gasteiger partial charge on any atom is 0.223 e. The molecule has 0 unspecified atom stereocenters. The van der Waals surface area contributed by atoms with Gasteiger partial charge >= 0.3 is 0 Å². The molecule has 2 N–H and O–H groups in total. The van der Waals surface area contributed by atoms with Crippen molar-refractivity contribution in [2.75, 3.05) is 6.54 Å². The van der Waals surface area contributed by atoms with Gasteiger partial charge in [0.05, 0.1) is 12.1 Å². The number of hydrogen-bond acceptors (Lipinski definition) is 3. The van der Waals surface area contributed by atoms with Gasteiger partial charge in [-0.2, -0.15) is 0 Å². The molecule has 0 saturated carbocycles. The molecule has 0 spiro atoms. The minimum atomic E-state index is -0.736. The van der Waals surface area contributed by atoms with Gasteiger partial charge in [-0.05, 0) is 38.2 Å². The fraction of sp³-hybridized carbons (Fsp3) is 0.667. The van der Waals surface area contributed by atoms with Crippen LogP contribution in [0.5, 0.6) is 0 Å². The van der Waals surface area contributed by atoms with Crippen molar-refractivity contribution in [1.29, 1.82) is 0 Å². The Kier molecular flexibility index (Phi) is 9.65. The van der Waals surface area contributed by atoms with E-state index in [1.54, 1.807) is 0 Å². The van der Waals surface area contributed by atoms with Crippen LogP contribution >= 0.6 is 0 Å². The lowest BCUT2D eigenvalue weighted by atomic mass is 9.97. The second-order valence-electron chi connectivity index (χ2n) is 8.48. The third kappa shape index (κ3) is 7.14. The average Bonchev–Trinajstić information content (AvgIpc) is 3.19. The maximum atomic E-state index is 12.7. The van der Waals surface area contributed by atoms with E-state index in [1.807, 2.05) is 49.1 Å². The van der Waals surface area contributed by atoms with Crippen LogP contribution in [0.2, 0.25) is 0 Å². The van der Waals surface area contributed by atoms with Crippen LogP contribution in [0, 0.1) is 5.92 Å². The molecule has 5 nitrogen and oxygen atoms in total. The molecule has 162 valence electrons. The van der Waals surface area contributed by atoms with E-state index in [0.29, 0.717) is 12.8 Å². The molecule has 1 aromatic rings. The van der Waals surface area contributed by atoms with E-state index in [0.717, 1.165) is 37.8 Å². The number of nitrogens with one attached hydrogen (secondary N) is 1. The lowest BCUT2D eigenvalue weighted by Gasteiger charge is -2.28. The van der Waals surface area contributed by atoms with Gasteiger partial charge < -0.3 is 15.3 Å². The van der Waals surface area contributed by atoms with Crippen LogP contribution in [-0.4, -0.2) is 40.4 Å². The molecule has 0 aliphatic carbocycles. The molecule has 1 aliphatic rings. The molecule has 1 heterocycles. The van der Waals surface area contributed by atoms with E-state index in [1.165, 1.54) is 12.8 Å². The molecule has 0 radical (unpaired) electrons. The van der Waals surface area contributed by atoms with Crippen molar-refractivity contribution in [2.45, 2.75) is 90.3 Å². The summed E-state index contributed by atoms with van der Waals surface area (Å²) in [6, 6.07) is 9.17. The summed E-state index contributed by atoms with van der Waals surface area (Å²) < 4.78 is 0. The van der Waals surface area contributed by atoms with Crippen molar-refractivity contribution in [3.63, 3.8) is 0 Å². The Balaban J connectivity index is 1.82. The van der Waals surface area contributed by atoms with E-state index in [2.05, 4.69) is 12.2 Å². The quantitative estimate of drug-likeness (QED) is 0.545. The summed E-state index contributed by atoms with van der Waals surface area (Å²) in [6.07, 6.45) is 6.98. The number of carbonyl (C=O) groups excluding carboxylic acids is 2. The van der Waals surface area contributed by atoms with Crippen molar-refractivity contribution in [2.24, 2.45) is 5.92 Å². The highest BCUT2D eigenvalue weighted by Crippen LogP contribution is 2.25. The van der Waals surface area contributed by atoms with Crippen molar-refractivity contribution >= 4 is 11.8 Å². The number of amides is 2. The summed E-state index contributed by atoms with van der Waals surface area (Å²) in [7, 11) is 0. The molecule has 0 bridgehead atoms. The standard InChI is InChI=1S/C24H38N2O3/c1-4-5-6-10-15-22(27)26-16-11-14-21(26)17-18(2)24(29)25-19(3)23(28)20-12-8-7-9-13-20/h7-9,12-13,18-19,21,23,28H,4-6,10-11,14-17H2,1-3H3,(H,25,29)/t18-,19-,21+,23-/m1/s1. The Morgan fingerprint density at radius 3 is 2.59 bits per heavy atom. The largest absolute Gasteiger partial charge is 0.386 e. The van der Waals surface area contributed by atoms with Crippen LogP contribution in [0.15, 0.2) is 30.3 Å². The summed E-state index contributed by atoms with van der Waals surface area (Å²) >= 11 is 0. The summed E-state index contributed by atoms with van der Waals surface area (Å²) in [5.74, 6) is -0.0160. The fourth-order valence-electron chi connectivity index (χ4n) is 4.16. The van der Waals surface area contributed by atoms with Gasteiger partial charge in [0.1, 0.15) is 0 Å². The highest BCUT2D eigenvalue weighted by atomic mass is 16.3. The predicted molar refractivity (Wildman–Crippen MR) is 116 cm³/mol. The minimum absolute atomic E-state index is 0.0604. The second kappa shape index (κ2) is 12.0. The molecular weight excluding hydrogens is 364 g/mol. The van der Waals surface area contributed by atoms with Gasteiger partial charge in [0.15, 0.2) is 0 Å². The molecule has 2 rings (SSSR count). The number of hydrogen-bond donors (Lipinski definition) is 2. The SMILES string of the molecule is CCCCCCC(=O)N1CCC[C@H]1C[C@@H](C)C(=O)N[C@H](C)[C@@H](O)c1ccccc1. The molecule has 29 heavy (non-hydrogen) atoms. The molecular formula is C24H38N2O3. The molecule has 1 fully saturated rings. The van der Waals surface area contributed by atoms with Gasteiger partial charge in [0, 0.05) is 24.9 Å². The van der Waals surface area contributed by atoms with E-state index in [9.17, 15) is 14.7 Å². The smallest absolute Gasteiger partial charge is 0.223 e. The van der Waals surface area contributed by atoms with Gasteiger partial charge in [0.25, 0.3) is 0 Å². The summed E-state index contributed by atoms with van der Waals surface area (Å²) in [6.45, 7) is 6.72. The number of nitrogens with zero attached hydrogens (tertiary/aromatic N) is 1. The summed E-state index contributed by atoms with van der Waals surface area (Å²) in [5, 5.41) is 13.4. The second-order valence-corrected chi connectivity index (χ2v) is 8.48. The Hall–Kier alpha value is -1.88. The zero-order chi connectivity index (χ0) is 21.2. The first-order chi connectivity index (χ1) is 13.9. The van der Waals surface area contributed by atoms with Crippen molar-refractivity contribution < 1.29 is 14.7 Å². The fourth-order valence-corrected chi connectivity index (χ4v) is 4.16. The van der Waals surface area contributed by atoms with Gasteiger partial charge in [-0.3, -0.25) is 9.59 Å². The summed E-state index contributed by atoms with van der Waals surface area (Å²) in [5.41, 5.74) is 0.795. The Morgan fingerprint density at radius 1 is 1.17 bits per heavy atom. The van der Waals surface area contributed by atoms with E-state index < -0.39 is 6.10 Å². The van der Waals surface area contributed by atoms with E-state index in [-0.39, 0.29) is 29.8 Å². The number of likely N-dealkylation sites (tertiary alicyclic amines) is 1. The first-order valence-corrected chi connectivity index (χ1v) is 11.3. The molecule has 4 atom stereocenters. The summed E-state index contributed by atoms with van der Waals surface area (Å²) in [4.78, 5) is 27.3. The molecule has 1 aliphatic heterocycles. The van der Waals surface area contributed by atoms with E-state index >= 15 is 0 Å². The third-order valence-electron chi connectivity index (χ3n) is 6.00. The van der Waals surface area contributed by atoms with Crippen molar-refractivity contribution in [1.82, 2.24) is 10.2 Å². The van der Waals surface area contributed by atoms with Crippen molar-refractivity contribution in [3.05, 3.63) is 35.9 Å². The Morgan fingerprint density at radius 2 is 1.90 bits per heavy atom. The van der Waals surface area contributed by atoms with Crippen molar-refractivity contribution in [3.8, 4) is 0 Å². The minimum Gasteiger partial charge on any atom is -0.386 e. The zero-order valence-electron chi connectivity index (χ0n) is 18.3. The number of carbonyl (C=O) groups is 2. The highest BCUT2D eigenvalue weighted by Gasteiger charge is 2.31. The Bertz CT molecular complexity index is 634. The number of unbranched alkanes of at least 4 members (excludes halogenated alkanes) is 3. The lowest BCUT2D eigenvalue weighted by molar-refractivity contribution is -0.134. The maximum absolute atomic E-state index is 12.7. The van der Waals surface area contributed by atoms with Crippen LogP contribution in [-0.2, 0) is 9.59 Å². The predicted octanol–water partition coefficient (Wildman–Crippen LogP) is 4.21. The normalized spacial score (nSPS) is 19.6. The third-order valence-corrected chi connectivity index (χ3v) is 6.00. The average molecular weight is 403 g/mol. The monoisotopic (exact) mass is 402 g/mol. The zero-order valence-corrected chi connectivity index (χ0v) is 18.3. The molecule has 5 heteroatoms. The van der Waals surface area contributed by atoms with Crippen LogP contribution in [0.25, 0.3) is 0 Å². The van der Waals surface area contributed by atoms with Gasteiger partial charge in [-0.1, -0.05) is 63.4 Å². The highest BCUT2D eigenvalue weighted by molar-refractivity contribution is 5.79. The Labute approximate surface area is 175 Å². The molecule has 0 aromatic heterocycles. The first kappa shape index (κ1) is 23.4. The number of benzene rings is 1. The number of rotatable bonds is 11. The van der Waals surface area contributed by atoms with E-state index in [4.69, 9.17) is 0 Å². The molecule has 2 amide bonds. The van der Waals surface area contributed by atoms with Crippen LogP contribution in [0.1, 0.15) is 83.8 Å². The molecule has 1 aromatic carbocycles.